The molecule has 1 aliphatic rings. The number of likely N-dealkylation sites (tertiary alicyclic amines) is 1. The fraction of sp³-hybridized carbons (Fsp3) is 0.706. The number of aromatic nitrogens is 2. The molecule has 134 valence electrons. The second kappa shape index (κ2) is 6.83. The SMILES string of the molecule is Cc1cc(C)n([C@@H](C)C(=O)O[C@H]2CCN(C(=O)OC(C)(C)C)C2)n1. The Hall–Kier alpha value is -2.05. The van der Waals surface area contributed by atoms with Crippen LogP contribution in [0.3, 0.4) is 0 Å². The van der Waals surface area contributed by atoms with Crippen LogP contribution >= 0.6 is 0 Å². The van der Waals surface area contributed by atoms with Gasteiger partial charge in [-0.25, -0.2) is 9.59 Å². The summed E-state index contributed by atoms with van der Waals surface area (Å²) >= 11 is 0. The topological polar surface area (TPSA) is 73.7 Å². The number of carbonyl (C=O) groups excluding carboxylic acids is 2. The highest BCUT2D eigenvalue weighted by Gasteiger charge is 2.33. The molecule has 1 aromatic heterocycles. The highest BCUT2D eigenvalue weighted by Crippen LogP contribution is 2.20. The van der Waals surface area contributed by atoms with Crippen molar-refractivity contribution in [2.24, 2.45) is 0 Å². The number of amides is 1. The maximum atomic E-state index is 12.3. The van der Waals surface area contributed by atoms with Gasteiger partial charge in [0.2, 0.25) is 0 Å². The zero-order chi connectivity index (χ0) is 18.1. The van der Waals surface area contributed by atoms with Gasteiger partial charge < -0.3 is 14.4 Å². The van der Waals surface area contributed by atoms with Gasteiger partial charge in [-0.2, -0.15) is 5.10 Å². The van der Waals surface area contributed by atoms with Gasteiger partial charge in [-0.3, -0.25) is 4.68 Å². The van der Waals surface area contributed by atoms with E-state index < -0.39 is 11.6 Å². The van der Waals surface area contributed by atoms with Gasteiger partial charge >= 0.3 is 12.1 Å². The van der Waals surface area contributed by atoms with Gasteiger partial charge in [-0.1, -0.05) is 0 Å². The van der Waals surface area contributed by atoms with Crippen molar-refractivity contribution in [2.75, 3.05) is 13.1 Å². The summed E-state index contributed by atoms with van der Waals surface area (Å²) in [6.07, 6.45) is -0.0495. The number of aryl methyl sites for hydroxylation is 2. The average molecular weight is 337 g/mol. The van der Waals surface area contributed by atoms with Gasteiger partial charge in [0.1, 0.15) is 17.7 Å². The van der Waals surface area contributed by atoms with Crippen LogP contribution < -0.4 is 0 Å². The minimum atomic E-state index is -0.532. The Morgan fingerprint density at radius 2 is 2.00 bits per heavy atom. The Bertz CT molecular complexity index is 618. The normalized spacial score (nSPS) is 19.2. The fourth-order valence-corrected chi connectivity index (χ4v) is 2.72. The maximum Gasteiger partial charge on any atom is 0.410 e. The molecule has 0 saturated carbocycles. The minimum absolute atomic E-state index is 0.301. The van der Waals surface area contributed by atoms with Crippen LogP contribution in [0, 0.1) is 13.8 Å². The van der Waals surface area contributed by atoms with Gasteiger partial charge in [-0.05, 0) is 47.6 Å². The van der Waals surface area contributed by atoms with E-state index in [0.29, 0.717) is 19.5 Å². The molecule has 1 saturated heterocycles. The van der Waals surface area contributed by atoms with Crippen LogP contribution in [0.1, 0.15) is 51.5 Å². The van der Waals surface area contributed by atoms with Crippen LogP contribution in [-0.4, -0.2) is 51.5 Å². The van der Waals surface area contributed by atoms with Crippen molar-refractivity contribution < 1.29 is 19.1 Å². The number of hydrogen-bond acceptors (Lipinski definition) is 5. The molecule has 0 bridgehead atoms. The highest BCUT2D eigenvalue weighted by atomic mass is 16.6. The smallest absolute Gasteiger partial charge is 0.410 e. The van der Waals surface area contributed by atoms with E-state index in [4.69, 9.17) is 9.47 Å². The molecule has 1 amide bonds. The predicted molar refractivity (Wildman–Crippen MR) is 88.7 cm³/mol. The Morgan fingerprint density at radius 1 is 1.33 bits per heavy atom. The summed E-state index contributed by atoms with van der Waals surface area (Å²) < 4.78 is 12.6. The fourth-order valence-electron chi connectivity index (χ4n) is 2.72. The monoisotopic (exact) mass is 337 g/mol. The van der Waals surface area contributed by atoms with Gasteiger partial charge in [0.25, 0.3) is 0 Å². The van der Waals surface area contributed by atoms with Crippen LogP contribution in [0.4, 0.5) is 4.79 Å². The number of esters is 1. The molecule has 0 aromatic carbocycles. The van der Waals surface area contributed by atoms with Crippen LogP contribution in [0.2, 0.25) is 0 Å². The Balaban J connectivity index is 1.89. The molecule has 0 radical (unpaired) electrons. The molecule has 0 unspecified atom stereocenters. The molecule has 24 heavy (non-hydrogen) atoms. The van der Waals surface area contributed by atoms with Crippen molar-refractivity contribution >= 4 is 12.1 Å². The number of carbonyl (C=O) groups is 2. The number of ether oxygens (including phenoxy) is 2. The van der Waals surface area contributed by atoms with E-state index >= 15 is 0 Å². The lowest BCUT2D eigenvalue weighted by Crippen LogP contribution is -2.36. The molecular formula is C17H27N3O4. The molecule has 0 aliphatic carbocycles. The highest BCUT2D eigenvalue weighted by molar-refractivity contribution is 5.74. The van der Waals surface area contributed by atoms with Crippen molar-refractivity contribution in [3.63, 3.8) is 0 Å². The van der Waals surface area contributed by atoms with E-state index in [1.165, 1.54) is 0 Å². The van der Waals surface area contributed by atoms with Crippen molar-refractivity contribution in [1.82, 2.24) is 14.7 Å². The molecule has 1 aromatic rings. The van der Waals surface area contributed by atoms with Crippen molar-refractivity contribution in [1.29, 1.82) is 0 Å². The van der Waals surface area contributed by atoms with E-state index in [0.717, 1.165) is 11.4 Å². The third-order valence-corrected chi connectivity index (χ3v) is 3.83. The summed E-state index contributed by atoms with van der Waals surface area (Å²) in [4.78, 5) is 26.0. The van der Waals surface area contributed by atoms with Crippen molar-refractivity contribution in [2.45, 2.75) is 65.7 Å². The first-order chi connectivity index (χ1) is 11.1. The lowest BCUT2D eigenvalue weighted by atomic mass is 10.2. The number of rotatable bonds is 3. The van der Waals surface area contributed by atoms with E-state index in [1.54, 1.807) is 16.5 Å². The summed E-state index contributed by atoms with van der Waals surface area (Å²) in [5, 5.41) is 4.32. The van der Waals surface area contributed by atoms with E-state index in [1.807, 2.05) is 40.7 Å². The second-order valence-corrected chi connectivity index (χ2v) is 7.32. The lowest BCUT2D eigenvalue weighted by molar-refractivity contribution is -0.152. The first kappa shape index (κ1) is 18.3. The zero-order valence-corrected chi connectivity index (χ0v) is 15.3. The van der Waals surface area contributed by atoms with Crippen LogP contribution in [0.5, 0.6) is 0 Å². The quantitative estimate of drug-likeness (QED) is 0.793. The maximum absolute atomic E-state index is 12.3. The van der Waals surface area contributed by atoms with Crippen molar-refractivity contribution in [3.05, 3.63) is 17.5 Å². The Morgan fingerprint density at radius 3 is 2.54 bits per heavy atom. The molecule has 1 aliphatic heterocycles. The standard InChI is InChI=1S/C17H27N3O4/c1-11-9-12(2)20(18-11)13(3)15(21)23-14-7-8-19(10-14)16(22)24-17(4,5)6/h9,13-14H,7-8,10H2,1-6H3/t13-,14-/m0/s1. The average Bonchev–Trinajstić information content (AvgIpc) is 3.02. The third kappa shape index (κ3) is 4.49. The summed E-state index contributed by atoms with van der Waals surface area (Å²) in [5.41, 5.74) is 1.25. The van der Waals surface area contributed by atoms with Gasteiger partial charge in [0, 0.05) is 18.7 Å². The predicted octanol–water partition coefficient (Wildman–Crippen LogP) is 2.61. The largest absolute Gasteiger partial charge is 0.459 e. The van der Waals surface area contributed by atoms with Gasteiger partial charge in [0.15, 0.2) is 0 Å². The van der Waals surface area contributed by atoms with Crippen molar-refractivity contribution in [3.8, 4) is 0 Å². The van der Waals surface area contributed by atoms with Crippen LogP contribution in [0.15, 0.2) is 6.07 Å². The number of hydrogen-bond donors (Lipinski definition) is 0. The Labute approximate surface area is 142 Å². The molecule has 7 nitrogen and oxygen atoms in total. The van der Waals surface area contributed by atoms with Crippen LogP contribution in [0.25, 0.3) is 0 Å². The third-order valence-electron chi connectivity index (χ3n) is 3.83. The molecule has 2 heterocycles. The van der Waals surface area contributed by atoms with Gasteiger partial charge in [-0.15, -0.1) is 0 Å². The van der Waals surface area contributed by atoms with E-state index in [2.05, 4.69) is 5.10 Å². The molecule has 0 N–H and O–H groups in total. The van der Waals surface area contributed by atoms with Crippen LogP contribution in [-0.2, 0) is 14.3 Å². The van der Waals surface area contributed by atoms with Gasteiger partial charge in [0.05, 0.1) is 12.2 Å². The summed E-state index contributed by atoms with van der Waals surface area (Å²) in [5.74, 6) is -0.336. The lowest BCUT2D eigenvalue weighted by Gasteiger charge is -2.24. The summed E-state index contributed by atoms with van der Waals surface area (Å²) in [6, 6.07) is 1.43. The molecule has 2 atom stereocenters. The molecule has 1 fully saturated rings. The molecule has 2 rings (SSSR count). The first-order valence-electron chi connectivity index (χ1n) is 8.28. The zero-order valence-electron chi connectivity index (χ0n) is 15.3. The summed E-state index contributed by atoms with van der Waals surface area (Å²) in [6.45, 7) is 11.9. The Kier molecular flexibility index (Phi) is 5.20. The molecule has 0 spiro atoms. The minimum Gasteiger partial charge on any atom is -0.459 e. The van der Waals surface area contributed by atoms with E-state index in [-0.39, 0.29) is 18.2 Å². The number of nitrogens with zero attached hydrogens (tertiary/aromatic N) is 3. The van der Waals surface area contributed by atoms with E-state index in [9.17, 15) is 9.59 Å². The second-order valence-electron chi connectivity index (χ2n) is 7.32. The molecule has 7 heteroatoms. The summed E-state index contributed by atoms with van der Waals surface area (Å²) in [7, 11) is 0. The first-order valence-corrected chi connectivity index (χ1v) is 8.28. The molecular weight excluding hydrogens is 310 g/mol.